The third-order valence-electron chi connectivity index (χ3n) is 3.32. The molecule has 0 aliphatic heterocycles. The van der Waals surface area contributed by atoms with Crippen LogP contribution in [0.15, 0.2) is 48.2 Å². The van der Waals surface area contributed by atoms with Gasteiger partial charge >= 0.3 is 5.97 Å². The van der Waals surface area contributed by atoms with E-state index in [1.807, 2.05) is 24.3 Å². The molecule has 0 aromatic heterocycles. The number of benzene rings is 2. The number of methoxy groups -OCH3 is 1. The molecule has 0 radical (unpaired) electrons. The minimum Gasteiger partial charge on any atom is -0.493 e. The lowest BCUT2D eigenvalue weighted by Gasteiger charge is -2.12. The van der Waals surface area contributed by atoms with Crippen molar-refractivity contribution in [2.75, 3.05) is 7.11 Å². The van der Waals surface area contributed by atoms with E-state index in [9.17, 15) is 9.59 Å². The Morgan fingerprint density at radius 3 is 2.58 bits per heavy atom. The summed E-state index contributed by atoms with van der Waals surface area (Å²) >= 11 is 2.24. The predicted octanol–water partition coefficient (Wildman–Crippen LogP) is 3.44. The Bertz CT molecular complexity index is 848. The highest BCUT2D eigenvalue weighted by atomic mass is 127. The topological polar surface area (TPSA) is 84.9 Å². The van der Waals surface area contributed by atoms with Crippen LogP contribution in [0.25, 0.3) is 6.08 Å². The van der Waals surface area contributed by atoms with Gasteiger partial charge in [0.05, 0.1) is 7.11 Å². The second-order valence-electron chi connectivity index (χ2n) is 5.37. The van der Waals surface area contributed by atoms with Crippen molar-refractivity contribution in [1.82, 2.24) is 5.32 Å². The zero-order chi connectivity index (χ0) is 19.1. The summed E-state index contributed by atoms with van der Waals surface area (Å²) in [5.41, 5.74) is 1.38. The molecule has 0 bridgehead atoms. The molecule has 2 aromatic carbocycles. The maximum absolute atomic E-state index is 11.2. The summed E-state index contributed by atoms with van der Waals surface area (Å²) in [4.78, 5) is 22.3. The molecule has 0 fully saturated rings. The fourth-order valence-electron chi connectivity index (χ4n) is 2.19. The molecule has 2 aromatic rings. The summed E-state index contributed by atoms with van der Waals surface area (Å²) in [5.74, 6) is -0.668. The van der Waals surface area contributed by atoms with Gasteiger partial charge < -0.3 is 19.9 Å². The normalized spacial score (nSPS) is 11.0. The van der Waals surface area contributed by atoms with Gasteiger partial charge in [-0.15, -0.1) is 0 Å². The van der Waals surface area contributed by atoms with Crippen molar-refractivity contribution in [1.29, 1.82) is 0 Å². The number of hydrogen-bond acceptors (Lipinski definition) is 4. The first-order valence-electron chi connectivity index (χ1n) is 7.67. The number of carbonyl (C=O) groups is 2. The monoisotopic (exact) mass is 467 g/mol. The van der Waals surface area contributed by atoms with E-state index in [2.05, 4.69) is 27.9 Å². The van der Waals surface area contributed by atoms with Crippen molar-refractivity contribution in [2.45, 2.75) is 13.5 Å². The zero-order valence-electron chi connectivity index (χ0n) is 14.3. The number of amides is 1. The number of aliphatic carboxylic acids is 1. The minimum atomic E-state index is -1.22. The highest BCUT2D eigenvalue weighted by Crippen LogP contribution is 2.29. The summed E-state index contributed by atoms with van der Waals surface area (Å²) in [6.45, 7) is 1.63. The zero-order valence-corrected chi connectivity index (χ0v) is 16.4. The average molecular weight is 467 g/mol. The van der Waals surface area contributed by atoms with Crippen molar-refractivity contribution in [3.05, 3.63) is 62.9 Å². The van der Waals surface area contributed by atoms with Gasteiger partial charge in [-0.3, -0.25) is 4.79 Å². The summed E-state index contributed by atoms with van der Waals surface area (Å²) in [6, 6.07) is 13.0. The van der Waals surface area contributed by atoms with E-state index in [0.717, 1.165) is 9.13 Å². The fraction of sp³-hybridized carbons (Fsp3) is 0.158. The number of halogens is 1. The summed E-state index contributed by atoms with van der Waals surface area (Å²) in [5, 5.41) is 11.4. The quantitative estimate of drug-likeness (QED) is 0.482. The van der Waals surface area contributed by atoms with Crippen molar-refractivity contribution < 1.29 is 24.2 Å². The van der Waals surface area contributed by atoms with Crippen LogP contribution >= 0.6 is 22.6 Å². The molecule has 0 spiro atoms. The Balaban J connectivity index is 2.20. The maximum atomic E-state index is 11.2. The standard InChI is InChI=1S/C19H18INO5/c1-12(22)21-16(19(23)24)9-13-6-7-17(18(10-13)25-2)26-11-14-4-3-5-15(20)8-14/h3-10H,11H2,1-2H3,(H,21,22)(H,23,24)/b16-9+. The molecule has 0 unspecified atom stereocenters. The van der Waals surface area contributed by atoms with E-state index in [0.29, 0.717) is 23.7 Å². The first kappa shape index (κ1) is 19.8. The van der Waals surface area contributed by atoms with E-state index in [-0.39, 0.29) is 5.70 Å². The fourth-order valence-corrected chi connectivity index (χ4v) is 2.80. The Labute approximate surface area is 165 Å². The van der Waals surface area contributed by atoms with Crippen molar-refractivity contribution in [2.24, 2.45) is 0 Å². The van der Waals surface area contributed by atoms with Gasteiger partial charge in [-0.1, -0.05) is 18.2 Å². The van der Waals surface area contributed by atoms with E-state index in [1.165, 1.54) is 20.1 Å². The van der Waals surface area contributed by atoms with Crippen LogP contribution in [0, 0.1) is 3.57 Å². The van der Waals surface area contributed by atoms with E-state index < -0.39 is 11.9 Å². The van der Waals surface area contributed by atoms with Crippen LogP contribution in [0.1, 0.15) is 18.1 Å². The van der Waals surface area contributed by atoms with Gasteiger partial charge in [0.25, 0.3) is 0 Å². The Morgan fingerprint density at radius 2 is 1.96 bits per heavy atom. The first-order chi connectivity index (χ1) is 12.4. The number of carboxylic acid groups (broad SMARTS) is 1. The number of hydrogen-bond donors (Lipinski definition) is 2. The molecule has 0 saturated heterocycles. The minimum absolute atomic E-state index is 0.216. The Morgan fingerprint density at radius 1 is 1.19 bits per heavy atom. The van der Waals surface area contributed by atoms with Gasteiger partial charge in [-0.25, -0.2) is 4.79 Å². The molecule has 2 N–H and O–H groups in total. The summed E-state index contributed by atoms with van der Waals surface area (Å²) in [7, 11) is 1.51. The Hall–Kier alpha value is -2.55. The number of carbonyl (C=O) groups excluding carboxylic acids is 1. The molecule has 26 heavy (non-hydrogen) atoms. The molecule has 1 amide bonds. The second-order valence-corrected chi connectivity index (χ2v) is 6.62. The van der Waals surface area contributed by atoms with Crippen molar-refractivity contribution >= 4 is 40.5 Å². The highest BCUT2D eigenvalue weighted by Gasteiger charge is 2.11. The van der Waals surface area contributed by atoms with E-state index >= 15 is 0 Å². The molecule has 0 aliphatic rings. The van der Waals surface area contributed by atoms with Gasteiger partial charge in [0.15, 0.2) is 11.5 Å². The number of nitrogens with one attached hydrogen (secondary N) is 1. The Kier molecular flexibility index (Phi) is 7.02. The van der Waals surface area contributed by atoms with Gasteiger partial charge in [-0.2, -0.15) is 0 Å². The lowest BCUT2D eigenvalue weighted by atomic mass is 10.1. The second kappa shape index (κ2) is 9.23. The summed E-state index contributed by atoms with van der Waals surface area (Å²) in [6.07, 6.45) is 1.36. The van der Waals surface area contributed by atoms with Crippen LogP contribution in [-0.4, -0.2) is 24.1 Å². The molecule has 0 atom stereocenters. The molecule has 6 nitrogen and oxygen atoms in total. The van der Waals surface area contributed by atoms with Crippen LogP contribution in [-0.2, 0) is 16.2 Å². The van der Waals surface area contributed by atoms with Crippen LogP contribution in [0.3, 0.4) is 0 Å². The number of ether oxygens (including phenoxy) is 2. The largest absolute Gasteiger partial charge is 0.493 e. The molecule has 136 valence electrons. The maximum Gasteiger partial charge on any atom is 0.352 e. The molecular formula is C19H18INO5. The molecule has 7 heteroatoms. The van der Waals surface area contributed by atoms with Gasteiger partial charge in [0.2, 0.25) is 5.91 Å². The molecule has 2 rings (SSSR count). The van der Waals surface area contributed by atoms with Crippen LogP contribution in [0.2, 0.25) is 0 Å². The lowest BCUT2D eigenvalue weighted by molar-refractivity contribution is -0.134. The van der Waals surface area contributed by atoms with Crippen molar-refractivity contribution in [3.8, 4) is 11.5 Å². The smallest absolute Gasteiger partial charge is 0.352 e. The van der Waals surface area contributed by atoms with E-state index in [4.69, 9.17) is 14.6 Å². The average Bonchev–Trinajstić information content (AvgIpc) is 2.59. The number of rotatable bonds is 7. The lowest BCUT2D eigenvalue weighted by Crippen LogP contribution is -2.24. The number of carboxylic acids is 1. The third-order valence-corrected chi connectivity index (χ3v) is 3.99. The van der Waals surface area contributed by atoms with Crippen LogP contribution in [0.4, 0.5) is 0 Å². The van der Waals surface area contributed by atoms with Gasteiger partial charge in [-0.05, 0) is 64.1 Å². The molecule has 0 heterocycles. The summed E-state index contributed by atoms with van der Waals surface area (Å²) < 4.78 is 12.3. The van der Waals surface area contributed by atoms with E-state index in [1.54, 1.807) is 18.2 Å². The SMILES string of the molecule is COc1cc(/C=C(/NC(C)=O)C(=O)O)ccc1OCc1cccc(I)c1. The van der Waals surface area contributed by atoms with Gasteiger partial charge in [0.1, 0.15) is 12.3 Å². The predicted molar refractivity (Wildman–Crippen MR) is 106 cm³/mol. The van der Waals surface area contributed by atoms with Gasteiger partial charge in [0, 0.05) is 10.5 Å². The third kappa shape index (κ3) is 5.76. The van der Waals surface area contributed by atoms with Crippen molar-refractivity contribution in [3.63, 3.8) is 0 Å². The first-order valence-corrected chi connectivity index (χ1v) is 8.75. The van der Waals surface area contributed by atoms with Crippen LogP contribution in [0.5, 0.6) is 11.5 Å². The molecule has 0 saturated carbocycles. The highest BCUT2D eigenvalue weighted by molar-refractivity contribution is 14.1. The van der Waals surface area contributed by atoms with Crippen LogP contribution < -0.4 is 14.8 Å². The molecule has 0 aliphatic carbocycles. The molecular weight excluding hydrogens is 449 g/mol.